The Morgan fingerprint density at radius 2 is 1.52 bits per heavy atom. The molecule has 0 aromatic carbocycles. The first-order chi connectivity index (χ1) is 19.5. The molecule has 0 amide bonds. The van der Waals surface area contributed by atoms with Crippen LogP contribution in [0.25, 0.3) is 0 Å². The van der Waals surface area contributed by atoms with Gasteiger partial charge < -0.3 is 14.6 Å². The minimum atomic E-state index is -0.962. The molecule has 0 aliphatic heterocycles. The summed E-state index contributed by atoms with van der Waals surface area (Å²) in [6.07, 6.45) is 11.0. The second kappa shape index (κ2) is 10.6. The van der Waals surface area contributed by atoms with Crippen molar-refractivity contribution in [2.24, 2.45) is 56.7 Å². The van der Waals surface area contributed by atoms with Gasteiger partial charge in [0.2, 0.25) is 0 Å². The number of aliphatic carboxylic acids is 1. The highest BCUT2D eigenvalue weighted by molar-refractivity contribution is 5.76. The van der Waals surface area contributed by atoms with Crippen LogP contribution in [0.4, 0.5) is 0 Å². The lowest BCUT2D eigenvalue weighted by Gasteiger charge is -2.73. The number of carboxylic acid groups (broad SMARTS) is 1. The minimum Gasteiger partial charge on any atom is -0.481 e. The monoisotopic (exact) mass is 584 g/mol. The average molecular weight is 585 g/mol. The number of hydrogen-bond donors (Lipinski definition) is 1. The summed E-state index contributed by atoms with van der Waals surface area (Å²) < 4.78 is 11.8. The number of esters is 2. The van der Waals surface area contributed by atoms with Crippen molar-refractivity contribution in [3.05, 3.63) is 12.2 Å². The van der Waals surface area contributed by atoms with E-state index in [1.807, 2.05) is 0 Å². The second-order valence-electron chi connectivity index (χ2n) is 16.6. The van der Waals surface area contributed by atoms with E-state index in [2.05, 4.69) is 48.1 Å². The quantitative estimate of drug-likeness (QED) is 0.241. The van der Waals surface area contributed by atoms with E-state index in [9.17, 15) is 14.4 Å². The third-order valence-electron chi connectivity index (χ3n) is 14.6. The van der Waals surface area contributed by atoms with Gasteiger partial charge in [-0.1, -0.05) is 46.8 Å². The lowest BCUT2D eigenvalue weighted by atomic mass is 9.32. The highest BCUT2D eigenvalue weighted by atomic mass is 16.5. The maximum atomic E-state index is 12.5. The van der Waals surface area contributed by atoms with E-state index >= 15 is 0 Å². The van der Waals surface area contributed by atoms with E-state index < -0.39 is 5.97 Å². The number of carboxylic acids is 1. The van der Waals surface area contributed by atoms with Crippen LogP contribution in [0.5, 0.6) is 0 Å². The molecule has 0 saturated heterocycles. The number of hydrogen-bond acceptors (Lipinski definition) is 5. The molecule has 0 aromatic rings. The van der Waals surface area contributed by atoms with Gasteiger partial charge in [-0.05, 0) is 117 Å². The van der Waals surface area contributed by atoms with Crippen LogP contribution < -0.4 is 0 Å². The van der Waals surface area contributed by atoms with Gasteiger partial charge in [-0.15, -0.1) is 0 Å². The molecular weight excluding hydrogens is 528 g/mol. The first-order valence-electron chi connectivity index (χ1n) is 16.7. The zero-order chi connectivity index (χ0) is 30.9. The number of carbonyl (C=O) groups is 3. The summed E-state index contributed by atoms with van der Waals surface area (Å²) in [5.41, 5.74) is 1.82. The molecule has 6 heteroatoms. The van der Waals surface area contributed by atoms with Gasteiger partial charge in [0.15, 0.2) is 0 Å². The summed E-state index contributed by atoms with van der Waals surface area (Å²) in [5.74, 6) is 1.10. The molecule has 0 spiro atoms. The number of fused-ring (bicyclic) bond motifs is 7. The number of carbonyl (C=O) groups excluding carboxylic acids is 2. The Balaban J connectivity index is 1.43. The van der Waals surface area contributed by atoms with E-state index in [0.29, 0.717) is 36.2 Å². The number of allylic oxidation sites excluding steroid dienone is 1. The van der Waals surface area contributed by atoms with Gasteiger partial charge >= 0.3 is 17.9 Å². The van der Waals surface area contributed by atoms with Crippen LogP contribution >= 0.6 is 0 Å². The van der Waals surface area contributed by atoms with Crippen LogP contribution in [0, 0.1) is 56.7 Å². The fourth-order valence-electron chi connectivity index (χ4n) is 12.4. The summed E-state index contributed by atoms with van der Waals surface area (Å²) in [6, 6.07) is 0. The molecule has 0 unspecified atom stereocenters. The first kappa shape index (κ1) is 31.6. The van der Waals surface area contributed by atoms with Crippen molar-refractivity contribution in [2.45, 2.75) is 132 Å². The molecule has 10 atom stereocenters. The van der Waals surface area contributed by atoms with Crippen molar-refractivity contribution in [1.29, 1.82) is 0 Å². The minimum absolute atomic E-state index is 0.00678. The summed E-state index contributed by atoms with van der Waals surface area (Å²) in [5, 5.41) is 9.03. The Morgan fingerprint density at radius 3 is 2.17 bits per heavy atom. The average Bonchev–Trinajstić information content (AvgIpc) is 3.28. The maximum Gasteiger partial charge on any atom is 0.306 e. The van der Waals surface area contributed by atoms with Gasteiger partial charge in [0.25, 0.3) is 0 Å². The topological polar surface area (TPSA) is 89.9 Å². The third-order valence-corrected chi connectivity index (χ3v) is 14.6. The number of ether oxygens (including phenoxy) is 2. The highest BCUT2D eigenvalue weighted by Gasteiger charge is 2.71. The van der Waals surface area contributed by atoms with Crippen molar-refractivity contribution < 1.29 is 29.0 Å². The fraction of sp³-hybridized carbons (Fsp3) is 0.861. The normalized spacial score (nSPS) is 45.4. The zero-order valence-corrected chi connectivity index (χ0v) is 27.4. The van der Waals surface area contributed by atoms with Gasteiger partial charge in [-0.2, -0.15) is 0 Å². The Labute approximate surface area is 253 Å². The molecule has 6 nitrogen and oxygen atoms in total. The predicted octanol–water partition coefficient (Wildman–Crippen LogP) is 7.98. The van der Waals surface area contributed by atoms with E-state index in [4.69, 9.17) is 14.6 Å². The molecule has 236 valence electrons. The lowest BCUT2D eigenvalue weighted by molar-refractivity contribution is -0.252. The molecule has 0 aromatic heterocycles. The van der Waals surface area contributed by atoms with E-state index in [0.717, 1.165) is 38.5 Å². The molecule has 0 bridgehead atoms. The van der Waals surface area contributed by atoms with Crippen LogP contribution in [0.1, 0.15) is 126 Å². The summed E-state index contributed by atoms with van der Waals surface area (Å²) >= 11 is 0. The maximum absolute atomic E-state index is 12.5. The molecule has 1 N–H and O–H groups in total. The van der Waals surface area contributed by atoms with Crippen LogP contribution in [-0.2, 0) is 23.9 Å². The van der Waals surface area contributed by atoms with E-state index in [1.54, 1.807) is 6.92 Å². The third kappa shape index (κ3) is 4.67. The fourth-order valence-corrected chi connectivity index (χ4v) is 12.4. The first-order valence-corrected chi connectivity index (χ1v) is 16.7. The van der Waals surface area contributed by atoms with Crippen LogP contribution in [0.2, 0.25) is 0 Å². The molecule has 5 saturated carbocycles. The Hall–Kier alpha value is -1.85. The lowest BCUT2D eigenvalue weighted by Crippen LogP contribution is -2.67. The standard InChI is InChI=1S/C36H56O6/c1-22(2)24-13-18-36(21-41-30(40)12-11-29(38)39)20-19-34(7)25(31(24)36)9-10-27-33(6)16-15-28(42-23(3)37)32(4,5)26(33)14-17-35(27,34)8/h24-28,31H,1,9-21H2,2-8H3,(H,38,39)/t24-,25+,26+,27+,28+,31-,33-,34+,35+,36+/m0/s1. The van der Waals surface area contributed by atoms with Gasteiger partial charge in [0.05, 0.1) is 19.4 Å². The zero-order valence-electron chi connectivity index (χ0n) is 27.4. The molecule has 42 heavy (non-hydrogen) atoms. The van der Waals surface area contributed by atoms with Gasteiger partial charge in [0.1, 0.15) is 6.10 Å². The predicted molar refractivity (Wildman–Crippen MR) is 162 cm³/mol. The van der Waals surface area contributed by atoms with E-state index in [1.165, 1.54) is 31.3 Å². The van der Waals surface area contributed by atoms with Crippen LogP contribution in [-0.4, -0.2) is 35.7 Å². The molecule has 5 rings (SSSR count). The Bertz CT molecular complexity index is 1130. The smallest absolute Gasteiger partial charge is 0.306 e. The second-order valence-corrected chi connectivity index (χ2v) is 16.6. The molecule has 5 aliphatic carbocycles. The molecule has 5 fully saturated rings. The largest absolute Gasteiger partial charge is 0.481 e. The highest BCUT2D eigenvalue weighted by Crippen LogP contribution is 2.77. The van der Waals surface area contributed by atoms with Crippen molar-refractivity contribution in [3.8, 4) is 0 Å². The van der Waals surface area contributed by atoms with Gasteiger partial charge in [-0.3, -0.25) is 14.4 Å². The van der Waals surface area contributed by atoms with Crippen molar-refractivity contribution >= 4 is 17.9 Å². The summed E-state index contributed by atoms with van der Waals surface area (Å²) in [4.78, 5) is 35.5. The van der Waals surface area contributed by atoms with Gasteiger partial charge in [-0.25, -0.2) is 0 Å². The SMILES string of the molecule is C=C(C)[C@@H]1CC[C@]2(COC(=O)CCC(=O)O)CC[C@]3(C)[C@H](CC[C@@H]4[C@@]5(C)CC[C@@H](OC(C)=O)C(C)(C)[C@H]5CC[C@]43C)[C@H]12. The molecule has 0 heterocycles. The van der Waals surface area contributed by atoms with E-state index in [-0.39, 0.29) is 58.0 Å². The summed E-state index contributed by atoms with van der Waals surface area (Å²) in [6.45, 7) is 21.1. The Kier molecular flexibility index (Phi) is 8.00. The number of rotatable bonds is 7. The Morgan fingerprint density at radius 1 is 0.810 bits per heavy atom. The van der Waals surface area contributed by atoms with Crippen LogP contribution in [0.15, 0.2) is 12.2 Å². The summed E-state index contributed by atoms with van der Waals surface area (Å²) in [7, 11) is 0. The molecular formula is C36H56O6. The van der Waals surface area contributed by atoms with Gasteiger partial charge in [0, 0.05) is 17.8 Å². The molecule has 0 radical (unpaired) electrons. The molecule has 5 aliphatic rings. The van der Waals surface area contributed by atoms with Crippen molar-refractivity contribution in [1.82, 2.24) is 0 Å². The van der Waals surface area contributed by atoms with Crippen molar-refractivity contribution in [3.63, 3.8) is 0 Å². The van der Waals surface area contributed by atoms with Crippen molar-refractivity contribution in [2.75, 3.05) is 6.61 Å². The van der Waals surface area contributed by atoms with Crippen LogP contribution in [0.3, 0.4) is 0 Å².